The Morgan fingerprint density at radius 2 is 2.06 bits per heavy atom. The Bertz CT molecular complexity index is 1400. The van der Waals surface area contributed by atoms with Gasteiger partial charge in [0, 0.05) is 31.3 Å². The highest BCUT2D eigenvalue weighted by Crippen LogP contribution is 2.36. The van der Waals surface area contributed by atoms with Crippen molar-refractivity contribution in [3.05, 3.63) is 83.5 Å². The second-order valence-electron chi connectivity index (χ2n) is 8.70. The molecule has 0 spiro atoms. The predicted molar refractivity (Wildman–Crippen MR) is 136 cm³/mol. The van der Waals surface area contributed by atoms with Crippen LogP contribution in [0.3, 0.4) is 0 Å². The molecule has 0 radical (unpaired) electrons. The summed E-state index contributed by atoms with van der Waals surface area (Å²) in [5.74, 6) is 2.35. The number of hydrogen-bond acceptors (Lipinski definition) is 5. The van der Waals surface area contributed by atoms with Crippen LogP contribution in [0.2, 0.25) is 0 Å². The maximum Gasteiger partial charge on any atom is 0.221 e. The topological polar surface area (TPSA) is 86.9 Å². The zero-order valence-electron chi connectivity index (χ0n) is 20.1. The number of methoxy groups -OCH3 is 1. The molecule has 0 saturated heterocycles. The smallest absolute Gasteiger partial charge is 0.221 e. The van der Waals surface area contributed by atoms with E-state index < -0.39 is 0 Å². The van der Waals surface area contributed by atoms with E-state index in [1.165, 1.54) is 6.92 Å². The monoisotopic (exact) mass is 468 g/mol. The number of imidazole rings is 1. The third-order valence-electron chi connectivity index (χ3n) is 6.16. The number of carbonyl (C=O) groups excluding carboxylic acids is 1. The highest BCUT2D eigenvalue weighted by atomic mass is 16.5. The lowest BCUT2D eigenvalue weighted by Crippen LogP contribution is -2.19. The van der Waals surface area contributed by atoms with E-state index in [0.717, 1.165) is 59.2 Å². The zero-order valence-corrected chi connectivity index (χ0v) is 20.1. The molecule has 8 heteroatoms. The molecule has 8 nitrogen and oxygen atoms in total. The number of carbonyl (C=O) groups is 1. The van der Waals surface area contributed by atoms with Crippen molar-refractivity contribution >= 4 is 23.7 Å². The molecule has 1 amide bonds. The van der Waals surface area contributed by atoms with Gasteiger partial charge in [-0.25, -0.2) is 14.6 Å². The van der Waals surface area contributed by atoms with Crippen molar-refractivity contribution in [3.8, 4) is 11.4 Å². The zero-order chi connectivity index (χ0) is 24.4. The van der Waals surface area contributed by atoms with Gasteiger partial charge in [-0.2, -0.15) is 5.10 Å². The van der Waals surface area contributed by atoms with Gasteiger partial charge in [-0.05, 0) is 55.2 Å². The van der Waals surface area contributed by atoms with Crippen molar-refractivity contribution in [3.63, 3.8) is 0 Å². The minimum atomic E-state index is -0.0806. The van der Waals surface area contributed by atoms with Gasteiger partial charge >= 0.3 is 0 Å². The molecular formula is C27H28N6O2. The number of amides is 1. The van der Waals surface area contributed by atoms with E-state index in [9.17, 15) is 4.79 Å². The summed E-state index contributed by atoms with van der Waals surface area (Å²) in [4.78, 5) is 20.9. The van der Waals surface area contributed by atoms with Gasteiger partial charge in [-0.15, -0.1) is 0 Å². The first-order valence-corrected chi connectivity index (χ1v) is 11.7. The van der Waals surface area contributed by atoms with E-state index in [-0.39, 0.29) is 11.8 Å². The van der Waals surface area contributed by atoms with Crippen LogP contribution in [0.25, 0.3) is 17.8 Å². The third kappa shape index (κ3) is 4.73. The van der Waals surface area contributed by atoms with E-state index in [0.29, 0.717) is 5.82 Å². The molecular weight excluding hydrogens is 440 g/mol. The lowest BCUT2D eigenvalue weighted by molar-refractivity contribution is -0.114. The number of aromatic nitrogens is 5. The fourth-order valence-electron chi connectivity index (χ4n) is 4.57. The summed E-state index contributed by atoms with van der Waals surface area (Å²) in [6.45, 7) is 4.32. The van der Waals surface area contributed by atoms with Gasteiger partial charge in [-0.3, -0.25) is 4.79 Å². The maximum absolute atomic E-state index is 11.7. The van der Waals surface area contributed by atoms with Crippen LogP contribution in [-0.4, -0.2) is 37.3 Å². The summed E-state index contributed by atoms with van der Waals surface area (Å²) in [7, 11) is 1.67. The highest BCUT2D eigenvalue weighted by molar-refractivity contribution is 5.89. The minimum Gasteiger partial charge on any atom is -0.495 e. The van der Waals surface area contributed by atoms with E-state index >= 15 is 0 Å². The number of anilines is 1. The molecule has 0 fully saturated rings. The number of nitrogens with one attached hydrogen (secondary N) is 1. The molecule has 0 unspecified atom stereocenters. The number of fused-ring (bicyclic) bond motifs is 1. The number of rotatable bonds is 6. The molecule has 0 aliphatic carbocycles. The van der Waals surface area contributed by atoms with Crippen LogP contribution in [0, 0.1) is 6.92 Å². The standard InChI is InChI=1S/C27H28N6O2/c1-18-16-32(17-28-18)24-12-10-20(15-25(24)35-3)11-13-26-30-27-22(8-6-14-33(27)31-26)21-7-4-5-9-23(21)29-19(2)34/h4-5,7,9-13,15-17,22H,6,8,14H2,1-3H3,(H,29,34)/t22-/m0/s1. The molecule has 3 heterocycles. The van der Waals surface area contributed by atoms with Crippen molar-refractivity contribution in [1.82, 2.24) is 24.3 Å². The van der Waals surface area contributed by atoms with Crippen LogP contribution < -0.4 is 10.1 Å². The van der Waals surface area contributed by atoms with Gasteiger partial charge in [0.15, 0.2) is 5.82 Å². The van der Waals surface area contributed by atoms with Crippen molar-refractivity contribution in [2.75, 3.05) is 12.4 Å². The summed E-state index contributed by atoms with van der Waals surface area (Å²) < 4.78 is 9.56. The Hall–Kier alpha value is -4.20. The van der Waals surface area contributed by atoms with Crippen LogP contribution in [0.5, 0.6) is 5.75 Å². The number of hydrogen-bond donors (Lipinski definition) is 1. The maximum atomic E-state index is 11.7. The Labute approximate surface area is 204 Å². The molecule has 178 valence electrons. The van der Waals surface area contributed by atoms with Gasteiger partial charge < -0.3 is 14.6 Å². The van der Waals surface area contributed by atoms with E-state index in [1.54, 1.807) is 13.4 Å². The summed E-state index contributed by atoms with van der Waals surface area (Å²) in [6, 6.07) is 14.0. The van der Waals surface area contributed by atoms with Crippen LogP contribution in [-0.2, 0) is 11.3 Å². The van der Waals surface area contributed by atoms with Crippen molar-refractivity contribution in [2.24, 2.45) is 0 Å². The van der Waals surface area contributed by atoms with Gasteiger partial charge in [0.2, 0.25) is 5.91 Å². The SMILES string of the molecule is COc1cc(C=Cc2nc3n(n2)CCC[C@H]3c2ccccc2NC(C)=O)ccc1-n1cnc(C)c1. The summed E-state index contributed by atoms with van der Waals surface area (Å²) in [5.41, 5.74) is 4.77. The van der Waals surface area contributed by atoms with Crippen molar-refractivity contribution < 1.29 is 9.53 Å². The van der Waals surface area contributed by atoms with Gasteiger partial charge in [0.05, 0.1) is 24.8 Å². The Balaban J connectivity index is 1.41. The van der Waals surface area contributed by atoms with E-state index in [1.807, 2.05) is 70.9 Å². The van der Waals surface area contributed by atoms with Crippen LogP contribution >= 0.6 is 0 Å². The minimum absolute atomic E-state index is 0.0806. The summed E-state index contributed by atoms with van der Waals surface area (Å²) >= 11 is 0. The molecule has 4 aromatic rings. The molecule has 2 aromatic carbocycles. The van der Waals surface area contributed by atoms with Crippen LogP contribution in [0.15, 0.2) is 55.0 Å². The number of ether oxygens (including phenoxy) is 1. The largest absolute Gasteiger partial charge is 0.495 e. The van der Waals surface area contributed by atoms with Gasteiger partial charge in [-0.1, -0.05) is 30.3 Å². The number of nitrogens with zero attached hydrogens (tertiary/aromatic N) is 5. The van der Waals surface area contributed by atoms with E-state index in [4.69, 9.17) is 14.8 Å². The molecule has 1 aliphatic rings. The second-order valence-corrected chi connectivity index (χ2v) is 8.70. The molecule has 1 atom stereocenters. The highest BCUT2D eigenvalue weighted by Gasteiger charge is 2.27. The molecule has 0 bridgehead atoms. The molecule has 2 aromatic heterocycles. The Morgan fingerprint density at radius 1 is 1.20 bits per heavy atom. The van der Waals surface area contributed by atoms with E-state index in [2.05, 4.69) is 16.4 Å². The molecule has 35 heavy (non-hydrogen) atoms. The number of aryl methyl sites for hydroxylation is 2. The first-order valence-electron chi connectivity index (χ1n) is 11.7. The predicted octanol–water partition coefficient (Wildman–Crippen LogP) is 4.84. The van der Waals surface area contributed by atoms with Crippen LogP contribution in [0.1, 0.15) is 54.2 Å². The summed E-state index contributed by atoms with van der Waals surface area (Å²) in [5, 5.41) is 7.69. The molecule has 1 N–H and O–H groups in total. The van der Waals surface area contributed by atoms with Crippen molar-refractivity contribution in [2.45, 2.75) is 39.2 Å². The van der Waals surface area contributed by atoms with Gasteiger partial charge in [0.25, 0.3) is 0 Å². The quantitative estimate of drug-likeness (QED) is 0.438. The first kappa shape index (κ1) is 22.6. The lowest BCUT2D eigenvalue weighted by atomic mass is 9.90. The van der Waals surface area contributed by atoms with Gasteiger partial charge in [0.1, 0.15) is 11.6 Å². The normalized spacial score (nSPS) is 15.2. The van der Waals surface area contributed by atoms with Crippen LogP contribution in [0.4, 0.5) is 5.69 Å². The molecule has 0 saturated carbocycles. The fourth-order valence-corrected chi connectivity index (χ4v) is 4.57. The van der Waals surface area contributed by atoms with Crippen molar-refractivity contribution in [1.29, 1.82) is 0 Å². The first-order chi connectivity index (χ1) is 17.0. The third-order valence-corrected chi connectivity index (χ3v) is 6.16. The summed E-state index contributed by atoms with van der Waals surface area (Å²) in [6.07, 6.45) is 9.64. The average molecular weight is 469 g/mol. The fraction of sp³-hybridized carbons (Fsp3) is 0.259. The average Bonchev–Trinajstić information content (AvgIpc) is 3.48. The number of para-hydroxylation sites is 1. The second kappa shape index (κ2) is 9.58. The Morgan fingerprint density at radius 3 is 2.83 bits per heavy atom. The lowest BCUT2D eigenvalue weighted by Gasteiger charge is -2.24. The molecule has 5 rings (SSSR count). The number of benzene rings is 2. The Kier molecular flexibility index (Phi) is 6.18. The molecule has 1 aliphatic heterocycles.